The Hall–Kier alpha value is -1.40. The second kappa shape index (κ2) is 6.15. The summed E-state index contributed by atoms with van der Waals surface area (Å²) in [5.74, 6) is 0.568. The van der Waals surface area contributed by atoms with Crippen molar-refractivity contribution in [2.75, 3.05) is 18.4 Å². The lowest BCUT2D eigenvalue weighted by atomic mass is 10.3. The van der Waals surface area contributed by atoms with Crippen LogP contribution in [0.2, 0.25) is 0 Å². The molecule has 0 unspecified atom stereocenters. The second-order valence-corrected chi connectivity index (χ2v) is 7.36. The van der Waals surface area contributed by atoms with Crippen molar-refractivity contribution in [2.24, 2.45) is 11.8 Å². The van der Waals surface area contributed by atoms with Crippen molar-refractivity contribution in [1.82, 2.24) is 4.31 Å². The summed E-state index contributed by atoms with van der Waals surface area (Å²) in [5, 5.41) is 2.82. The molecule has 0 bridgehead atoms. The predicted molar refractivity (Wildman–Crippen MR) is 82.4 cm³/mol. The van der Waals surface area contributed by atoms with Crippen LogP contribution >= 0.6 is 0 Å². The lowest BCUT2D eigenvalue weighted by Gasteiger charge is -2.18. The van der Waals surface area contributed by atoms with Gasteiger partial charge in [-0.2, -0.15) is 4.31 Å². The van der Waals surface area contributed by atoms with Crippen LogP contribution in [0.5, 0.6) is 0 Å². The number of rotatable bonds is 6. The summed E-state index contributed by atoms with van der Waals surface area (Å²) < 4.78 is 26.1. The first kappa shape index (κ1) is 16.0. The minimum atomic E-state index is -3.44. The number of anilines is 1. The van der Waals surface area contributed by atoms with Gasteiger partial charge in [-0.1, -0.05) is 20.8 Å². The third kappa shape index (κ3) is 3.44. The van der Waals surface area contributed by atoms with Gasteiger partial charge in [0.15, 0.2) is 0 Å². The molecule has 0 aromatic heterocycles. The Morgan fingerprint density at radius 3 is 2.19 bits per heavy atom. The van der Waals surface area contributed by atoms with E-state index < -0.39 is 10.0 Å². The molecule has 1 aliphatic rings. The summed E-state index contributed by atoms with van der Waals surface area (Å²) >= 11 is 0. The smallest absolute Gasteiger partial charge is 0.243 e. The van der Waals surface area contributed by atoms with Crippen LogP contribution in [0.15, 0.2) is 29.2 Å². The molecule has 1 aromatic carbocycles. The molecular formula is C15H22N2O3S. The number of carbonyl (C=O) groups is 1. The zero-order valence-corrected chi connectivity index (χ0v) is 13.5. The van der Waals surface area contributed by atoms with Crippen molar-refractivity contribution in [2.45, 2.75) is 32.1 Å². The maximum Gasteiger partial charge on any atom is 0.243 e. The molecule has 1 saturated carbocycles. The summed E-state index contributed by atoms with van der Waals surface area (Å²) in [7, 11) is -3.44. The number of hydrogen-bond donors (Lipinski definition) is 1. The van der Waals surface area contributed by atoms with Gasteiger partial charge in [0.05, 0.1) is 4.90 Å². The fourth-order valence-corrected chi connectivity index (χ4v) is 3.80. The molecule has 1 aromatic rings. The lowest BCUT2D eigenvalue weighted by Crippen LogP contribution is -2.30. The van der Waals surface area contributed by atoms with Crippen molar-refractivity contribution in [1.29, 1.82) is 0 Å². The topological polar surface area (TPSA) is 66.5 Å². The summed E-state index contributed by atoms with van der Waals surface area (Å²) in [5.41, 5.74) is 0.637. The highest BCUT2D eigenvalue weighted by molar-refractivity contribution is 7.89. The number of hydrogen-bond acceptors (Lipinski definition) is 3. The molecule has 0 heterocycles. The van der Waals surface area contributed by atoms with Gasteiger partial charge in [-0.3, -0.25) is 4.79 Å². The van der Waals surface area contributed by atoms with Crippen LogP contribution < -0.4 is 5.32 Å². The highest BCUT2D eigenvalue weighted by atomic mass is 32.2. The Morgan fingerprint density at radius 1 is 1.24 bits per heavy atom. The van der Waals surface area contributed by atoms with E-state index in [1.165, 1.54) is 4.31 Å². The van der Waals surface area contributed by atoms with E-state index in [1.54, 1.807) is 24.3 Å². The minimum absolute atomic E-state index is 0.0156. The molecule has 116 valence electrons. The van der Waals surface area contributed by atoms with Gasteiger partial charge >= 0.3 is 0 Å². The molecule has 6 heteroatoms. The van der Waals surface area contributed by atoms with E-state index in [9.17, 15) is 13.2 Å². The molecule has 1 aliphatic carbocycles. The van der Waals surface area contributed by atoms with Gasteiger partial charge in [-0.05, 0) is 36.6 Å². The van der Waals surface area contributed by atoms with Gasteiger partial charge in [0.25, 0.3) is 0 Å². The van der Waals surface area contributed by atoms with Gasteiger partial charge in [0.2, 0.25) is 15.9 Å². The summed E-state index contributed by atoms with van der Waals surface area (Å²) in [6.07, 6.45) is 0.931. The number of carbonyl (C=O) groups excluding carboxylic acids is 1. The third-order valence-electron chi connectivity index (χ3n) is 3.91. The second-order valence-electron chi connectivity index (χ2n) is 5.42. The number of sulfonamides is 1. The highest BCUT2D eigenvalue weighted by Crippen LogP contribution is 2.38. The molecule has 1 fully saturated rings. The predicted octanol–water partition coefficient (Wildman–Crippen LogP) is 2.31. The molecule has 0 aliphatic heterocycles. The molecule has 0 spiro atoms. The SMILES string of the molecule is CCN(CC)S(=O)(=O)c1ccc(NC(=O)[C@H]2C[C@@H]2C)cc1. The molecule has 1 amide bonds. The van der Waals surface area contributed by atoms with Crippen molar-refractivity contribution in [3.63, 3.8) is 0 Å². The van der Waals surface area contributed by atoms with Gasteiger partial charge in [-0.15, -0.1) is 0 Å². The van der Waals surface area contributed by atoms with E-state index in [-0.39, 0.29) is 16.7 Å². The van der Waals surface area contributed by atoms with E-state index in [0.29, 0.717) is 24.7 Å². The molecule has 0 radical (unpaired) electrons. The maximum atomic E-state index is 12.3. The number of amides is 1. The van der Waals surface area contributed by atoms with Crippen molar-refractivity contribution < 1.29 is 13.2 Å². The lowest BCUT2D eigenvalue weighted by molar-refractivity contribution is -0.117. The van der Waals surface area contributed by atoms with Gasteiger partial charge in [0.1, 0.15) is 0 Å². The summed E-state index contributed by atoms with van der Waals surface area (Å²) in [6.45, 7) is 6.55. The van der Waals surface area contributed by atoms with E-state index in [0.717, 1.165) is 6.42 Å². The molecular weight excluding hydrogens is 288 g/mol. The fraction of sp³-hybridized carbons (Fsp3) is 0.533. The van der Waals surface area contributed by atoms with Crippen LogP contribution in [0.1, 0.15) is 27.2 Å². The van der Waals surface area contributed by atoms with Gasteiger partial charge in [-0.25, -0.2) is 8.42 Å². The molecule has 2 atom stereocenters. The maximum absolute atomic E-state index is 12.3. The van der Waals surface area contributed by atoms with Crippen molar-refractivity contribution in [3.05, 3.63) is 24.3 Å². The van der Waals surface area contributed by atoms with Crippen LogP contribution in [0, 0.1) is 11.8 Å². The quantitative estimate of drug-likeness (QED) is 0.877. The Labute approximate surface area is 126 Å². The van der Waals surface area contributed by atoms with Crippen molar-refractivity contribution in [3.8, 4) is 0 Å². The first-order chi connectivity index (χ1) is 9.90. The Bertz CT molecular complexity index is 606. The van der Waals surface area contributed by atoms with Crippen LogP contribution in [0.4, 0.5) is 5.69 Å². The van der Waals surface area contributed by atoms with Crippen LogP contribution in [-0.2, 0) is 14.8 Å². The molecule has 1 N–H and O–H groups in total. The normalized spacial score (nSPS) is 21.3. The first-order valence-electron chi connectivity index (χ1n) is 7.31. The zero-order chi connectivity index (χ0) is 15.6. The Morgan fingerprint density at radius 2 is 1.76 bits per heavy atom. The van der Waals surface area contributed by atoms with Gasteiger partial charge in [0, 0.05) is 24.7 Å². The van der Waals surface area contributed by atoms with E-state index in [1.807, 2.05) is 20.8 Å². The van der Waals surface area contributed by atoms with Gasteiger partial charge < -0.3 is 5.32 Å². The standard InChI is InChI=1S/C15H22N2O3S/c1-4-17(5-2)21(19,20)13-8-6-12(7-9-13)16-15(18)14-10-11(14)3/h6-9,11,14H,4-5,10H2,1-3H3,(H,16,18)/t11-,14-/m0/s1. The van der Waals surface area contributed by atoms with Crippen LogP contribution in [-0.4, -0.2) is 31.7 Å². The largest absolute Gasteiger partial charge is 0.326 e. The number of nitrogens with zero attached hydrogens (tertiary/aromatic N) is 1. The third-order valence-corrected chi connectivity index (χ3v) is 5.98. The molecule has 21 heavy (non-hydrogen) atoms. The zero-order valence-electron chi connectivity index (χ0n) is 12.7. The average molecular weight is 310 g/mol. The van der Waals surface area contributed by atoms with Crippen LogP contribution in [0.3, 0.4) is 0 Å². The highest BCUT2D eigenvalue weighted by Gasteiger charge is 2.39. The Balaban J connectivity index is 2.10. The summed E-state index contributed by atoms with van der Waals surface area (Å²) in [6, 6.07) is 6.36. The van der Waals surface area contributed by atoms with Crippen LogP contribution in [0.25, 0.3) is 0 Å². The van der Waals surface area contributed by atoms with E-state index >= 15 is 0 Å². The Kier molecular flexibility index (Phi) is 4.68. The summed E-state index contributed by atoms with van der Waals surface area (Å²) in [4.78, 5) is 12.1. The minimum Gasteiger partial charge on any atom is -0.326 e. The monoisotopic (exact) mass is 310 g/mol. The molecule has 0 saturated heterocycles. The van der Waals surface area contributed by atoms with E-state index in [2.05, 4.69) is 5.32 Å². The molecule has 5 nitrogen and oxygen atoms in total. The van der Waals surface area contributed by atoms with Crippen molar-refractivity contribution >= 4 is 21.6 Å². The number of benzene rings is 1. The first-order valence-corrected chi connectivity index (χ1v) is 8.75. The molecule has 2 rings (SSSR count). The fourth-order valence-electron chi connectivity index (χ4n) is 2.35. The van der Waals surface area contributed by atoms with E-state index in [4.69, 9.17) is 0 Å². The average Bonchev–Trinajstić information content (AvgIpc) is 3.18. The number of nitrogens with one attached hydrogen (secondary N) is 1.